The molecule has 1 N–H and O–H groups in total. The van der Waals surface area contributed by atoms with E-state index >= 15 is 0 Å². The van der Waals surface area contributed by atoms with E-state index in [0.717, 1.165) is 18.4 Å². The number of amides is 1. The lowest BCUT2D eigenvalue weighted by Gasteiger charge is -2.23. The number of rotatable bonds is 12. The molecule has 1 aliphatic heterocycles. The summed E-state index contributed by atoms with van der Waals surface area (Å²) in [6.07, 6.45) is 1.94. The summed E-state index contributed by atoms with van der Waals surface area (Å²) in [5.41, 5.74) is 1.97. The van der Waals surface area contributed by atoms with E-state index in [1.165, 1.54) is 42.2 Å². The number of aliphatic hydroxyl groups is 1. The number of ketones is 1. The highest BCUT2D eigenvalue weighted by molar-refractivity contribution is 8.00. The highest BCUT2D eigenvalue weighted by Gasteiger charge is 2.48. The van der Waals surface area contributed by atoms with E-state index in [9.17, 15) is 14.7 Å². The third-order valence-electron chi connectivity index (χ3n) is 6.87. The Kier molecular flexibility index (Phi) is 9.63. The van der Waals surface area contributed by atoms with E-state index in [4.69, 9.17) is 14.2 Å². The summed E-state index contributed by atoms with van der Waals surface area (Å²) in [5.74, 6) is 0.221. The third-order valence-corrected chi connectivity index (χ3v) is 9.00. The second-order valence-electron chi connectivity index (χ2n) is 9.63. The summed E-state index contributed by atoms with van der Waals surface area (Å²) in [4.78, 5) is 28.5. The Morgan fingerprint density at radius 3 is 2.42 bits per heavy atom. The van der Waals surface area contributed by atoms with Crippen molar-refractivity contribution >= 4 is 45.7 Å². The number of Topliss-reactive ketones (excluding diaryl/α,β-unsaturated/α-hetero) is 1. The third kappa shape index (κ3) is 6.52. The second kappa shape index (κ2) is 13.7. The zero-order chi connectivity index (χ0) is 30.3. The van der Waals surface area contributed by atoms with Gasteiger partial charge in [0, 0.05) is 11.3 Å². The van der Waals surface area contributed by atoms with E-state index < -0.39 is 17.7 Å². The number of benzene rings is 3. The van der Waals surface area contributed by atoms with Gasteiger partial charge in [-0.25, -0.2) is 0 Å². The molecule has 1 amide bonds. The summed E-state index contributed by atoms with van der Waals surface area (Å²) >= 11 is 2.71. The Bertz CT molecular complexity index is 1620. The summed E-state index contributed by atoms with van der Waals surface area (Å²) in [7, 11) is 2.99. The highest BCUT2D eigenvalue weighted by Crippen LogP contribution is 2.45. The molecule has 0 saturated carbocycles. The van der Waals surface area contributed by atoms with E-state index in [1.54, 1.807) is 42.5 Å². The number of ether oxygens (including phenoxy) is 3. The number of aromatic nitrogens is 2. The molecule has 43 heavy (non-hydrogen) atoms. The first-order chi connectivity index (χ1) is 20.9. The molecular weight excluding hydrogens is 587 g/mol. The standard InChI is InChI=1S/C32H31N3O6S2/c1-4-5-17-41-23-14-11-21(12-15-23)27-26(28(36)22-13-16-24(39-2)25(18-22)40-3)29(37)30(38)35(27)31-33-34-32(43-31)42-19-20-9-7-6-8-10-20/h6-16,18,27,36H,4-5,17,19H2,1-3H3/t27-/m0/s1. The number of thioether (sulfide) groups is 1. The molecule has 1 saturated heterocycles. The van der Waals surface area contributed by atoms with Crippen LogP contribution in [0.15, 0.2) is 82.7 Å². The monoisotopic (exact) mass is 617 g/mol. The van der Waals surface area contributed by atoms with Crippen LogP contribution in [0.5, 0.6) is 17.2 Å². The molecule has 9 nitrogen and oxygen atoms in total. The molecule has 3 aromatic carbocycles. The van der Waals surface area contributed by atoms with E-state index in [-0.39, 0.29) is 16.5 Å². The summed E-state index contributed by atoms with van der Waals surface area (Å²) in [5, 5.41) is 20.4. The van der Waals surface area contributed by atoms with Crippen LogP contribution < -0.4 is 19.1 Å². The van der Waals surface area contributed by atoms with Crippen LogP contribution in [-0.2, 0) is 15.3 Å². The van der Waals surface area contributed by atoms with Crippen molar-refractivity contribution in [2.45, 2.75) is 35.9 Å². The van der Waals surface area contributed by atoms with Crippen LogP contribution in [-0.4, -0.2) is 47.8 Å². The molecule has 2 heterocycles. The number of hydrogen-bond acceptors (Lipinski definition) is 10. The molecule has 0 bridgehead atoms. The number of anilines is 1. The van der Waals surface area contributed by atoms with Crippen molar-refractivity contribution in [2.24, 2.45) is 0 Å². The first kappa shape index (κ1) is 30.1. The van der Waals surface area contributed by atoms with Crippen molar-refractivity contribution in [1.29, 1.82) is 0 Å². The van der Waals surface area contributed by atoms with Crippen LogP contribution >= 0.6 is 23.1 Å². The van der Waals surface area contributed by atoms with Gasteiger partial charge >= 0.3 is 5.91 Å². The predicted octanol–water partition coefficient (Wildman–Crippen LogP) is 6.65. The molecule has 1 aliphatic rings. The highest BCUT2D eigenvalue weighted by atomic mass is 32.2. The SMILES string of the molecule is CCCCOc1ccc([C@H]2C(=C(O)c3ccc(OC)c(OC)c3)C(=O)C(=O)N2c2nnc(SCc3ccccc3)s2)cc1. The van der Waals surface area contributed by atoms with Crippen molar-refractivity contribution < 1.29 is 28.9 Å². The van der Waals surface area contributed by atoms with Gasteiger partial charge in [-0.3, -0.25) is 14.5 Å². The lowest BCUT2D eigenvalue weighted by Crippen LogP contribution is -2.29. The number of carbonyl (C=O) groups excluding carboxylic acids is 2. The largest absolute Gasteiger partial charge is 0.507 e. The number of nitrogens with zero attached hydrogens (tertiary/aromatic N) is 3. The minimum atomic E-state index is -0.947. The van der Waals surface area contributed by atoms with Gasteiger partial charge in [0.1, 0.15) is 11.5 Å². The van der Waals surface area contributed by atoms with Crippen molar-refractivity contribution in [3.8, 4) is 17.2 Å². The quantitative estimate of drug-likeness (QED) is 0.0466. The number of methoxy groups -OCH3 is 2. The number of aliphatic hydroxyl groups excluding tert-OH is 1. The molecule has 1 atom stereocenters. The molecule has 4 aromatic rings. The van der Waals surface area contributed by atoms with Gasteiger partial charge in [-0.15, -0.1) is 10.2 Å². The Morgan fingerprint density at radius 1 is 0.977 bits per heavy atom. The lowest BCUT2D eigenvalue weighted by atomic mass is 9.95. The number of carbonyl (C=O) groups is 2. The van der Waals surface area contributed by atoms with Gasteiger partial charge in [0.15, 0.2) is 15.8 Å². The van der Waals surface area contributed by atoms with E-state index in [1.807, 2.05) is 30.3 Å². The van der Waals surface area contributed by atoms with Gasteiger partial charge < -0.3 is 19.3 Å². The summed E-state index contributed by atoms with van der Waals surface area (Å²) < 4.78 is 17.2. The lowest BCUT2D eigenvalue weighted by molar-refractivity contribution is -0.132. The maximum atomic E-state index is 13.6. The van der Waals surface area contributed by atoms with Gasteiger partial charge in [-0.2, -0.15) is 0 Å². The van der Waals surface area contributed by atoms with Gasteiger partial charge in [0.25, 0.3) is 5.78 Å². The Labute approximate surface area is 258 Å². The van der Waals surface area contributed by atoms with Crippen molar-refractivity contribution in [3.63, 3.8) is 0 Å². The summed E-state index contributed by atoms with van der Waals surface area (Å²) in [6.45, 7) is 2.68. The van der Waals surface area contributed by atoms with Crippen LogP contribution in [0.4, 0.5) is 5.13 Å². The molecule has 0 unspecified atom stereocenters. The van der Waals surface area contributed by atoms with Crippen LogP contribution in [0, 0.1) is 0 Å². The molecule has 0 radical (unpaired) electrons. The first-order valence-electron chi connectivity index (χ1n) is 13.7. The van der Waals surface area contributed by atoms with Gasteiger partial charge in [-0.05, 0) is 47.9 Å². The molecular formula is C32H31N3O6S2. The fraction of sp³-hybridized carbons (Fsp3) is 0.250. The molecule has 222 valence electrons. The van der Waals surface area contributed by atoms with Gasteiger partial charge in [0.05, 0.1) is 32.4 Å². The van der Waals surface area contributed by atoms with E-state index in [0.29, 0.717) is 45.1 Å². The zero-order valence-electron chi connectivity index (χ0n) is 24.0. The maximum absolute atomic E-state index is 13.6. The smallest absolute Gasteiger partial charge is 0.301 e. The molecule has 5 rings (SSSR count). The number of unbranched alkanes of at least 4 members (excludes halogenated alkanes) is 1. The van der Waals surface area contributed by atoms with Crippen LogP contribution in [0.3, 0.4) is 0 Å². The first-order valence-corrected chi connectivity index (χ1v) is 15.5. The Morgan fingerprint density at radius 2 is 1.72 bits per heavy atom. The van der Waals surface area contributed by atoms with Crippen molar-refractivity contribution in [3.05, 3.63) is 95.1 Å². The normalized spacial score (nSPS) is 16.0. The maximum Gasteiger partial charge on any atom is 0.301 e. The molecule has 0 spiro atoms. The van der Waals surface area contributed by atoms with E-state index in [2.05, 4.69) is 17.1 Å². The Balaban J connectivity index is 1.54. The molecule has 1 fully saturated rings. The Hall–Kier alpha value is -4.35. The van der Waals surface area contributed by atoms with Gasteiger partial charge in [0.2, 0.25) is 5.13 Å². The number of hydrogen-bond donors (Lipinski definition) is 1. The van der Waals surface area contributed by atoms with Crippen molar-refractivity contribution in [2.75, 3.05) is 25.7 Å². The average Bonchev–Trinajstić information content (AvgIpc) is 3.62. The minimum absolute atomic E-state index is 0.0643. The van der Waals surface area contributed by atoms with Gasteiger partial charge in [-0.1, -0.05) is 78.9 Å². The predicted molar refractivity (Wildman–Crippen MR) is 167 cm³/mol. The fourth-order valence-corrected chi connectivity index (χ4v) is 6.47. The second-order valence-corrected chi connectivity index (χ2v) is 11.8. The minimum Gasteiger partial charge on any atom is -0.507 e. The van der Waals surface area contributed by atoms with Crippen LogP contribution in [0.2, 0.25) is 0 Å². The molecule has 0 aliphatic carbocycles. The van der Waals surface area contributed by atoms with Crippen molar-refractivity contribution in [1.82, 2.24) is 10.2 Å². The fourth-order valence-electron chi connectivity index (χ4n) is 4.64. The zero-order valence-corrected chi connectivity index (χ0v) is 25.6. The molecule has 1 aromatic heterocycles. The molecule has 11 heteroatoms. The van der Waals surface area contributed by atoms with Crippen LogP contribution in [0.25, 0.3) is 5.76 Å². The average molecular weight is 618 g/mol. The van der Waals surface area contributed by atoms with Crippen LogP contribution in [0.1, 0.15) is 42.5 Å². The topological polar surface area (TPSA) is 111 Å². The summed E-state index contributed by atoms with van der Waals surface area (Å²) in [6, 6.07) is 21.0.